The molecule has 5 nitrogen and oxygen atoms in total. The first-order chi connectivity index (χ1) is 7.97. The molecule has 0 aromatic carbocycles. The molecule has 0 spiro atoms. The Labute approximate surface area is 140 Å². The van der Waals surface area contributed by atoms with Crippen LogP contribution in [-0.2, 0) is 13.0 Å². The molecule has 1 aromatic rings. The van der Waals surface area contributed by atoms with E-state index < -0.39 is 0 Å². The van der Waals surface area contributed by atoms with Crippen molar-refractivity contribution in [2.45, 2.75) is 25.8 Å². The predicted molar refractivity (Wildman–Crippen MR) is 85.5 cm³/mol. The Hall–Kier alpha value is -0.360. The summed E-state index contributed by atoms with van der Waals surface area (Å²) in [5.41, 5.74) is 8.19. The third kappa shape index (κ3) is 5.56. The highest BCUT2D eigenvalue weighted by atomic mass is 35.5. The monoisotopic (exact) mass is 345 g/mol. The molecule has 1 aliphatic rings. The summed E-state index contributed by atoms with van der Waals surface area (Å²) in [6.07, 6.45) is 3.51. The number of rotatable bonds is 4. The lowest BCUT2D eigenvalue weighted by molar-refractivity contribution is -0.868. The zero-order valence-electron chi connectivity index (χ0n) is 12.4. The summed E-state index contributed by atoms with van der Waals surface area (Å²) in [6.45, 7) is 2.97. The van der Waals surface area contributed by atoms with Gasteiger partial charge in [0.25, 0.3) is 0 Å². The van der Waals surface area contributed by atoms with Gasteiger partial charge in [0.05, 0.1) is 45.6 Å². The Morgan fingerprint density at radius 3 is 2.45 bits per heavy atom. The summed E-state index contributed by atoms with van der Waals surface area (Å²) < 4.78 is 3.01. The number of nitrogens with one attached hydrogen (secondary N) is 1. The second-order valence-corrected chi connectivity index (χ2v) is 5.83. The van der Waals surface area contributed by atoms with Crippen molar-refractivity contribution in [3.8, 4) is 0 Å². The Morgan fingerprint density at radius 2 is 1.90 bits per heavy atom. The molecule has 1 aliphatic heterocycles. The fraction of sp³-hybridized carbons (Fsp3) is 0.750. The molecule has 0 unspecified atom stereocenters. The van der Waals surface area contributed by atoms with Gasteiger partial charge >= 0.3 is 0 Å². The number of anilines is 2. The zero-order chi connectivity index (χ0) is 12.5. The van der Waals surface area contributed by atoms with Crippen LogP contribution in [0.3, 0.4) is 0 Å². The zero-order valence-corrected chi connectivity index (χ0v) is 14.7. The standard InChI is InChI=1S/C12H24N5.3ClH/c1-17(2,3)9-7-14-12-11(13)10-6-4-5-8-16(10)15-12;;;/h4-9,13H2,1-3H3,(H,14,15);3*1H/q+1;;;/p-1. The second kappa shape index (κ2) is 8.82. The van der Waals surface area contributed by atoms with Crippen LogP contribution in [0, 0.1) is 0 Å². The van der Waals surface area contributed by atoms with Crippen molar-refractivity contribution in [1.82, 2.24) is 9.78 Å². The number of fused-ring (bicyclic) bond motifs is 1. The number of hydrogen-bond acceptors (Lipinski definition) is 3. The van der Waals surface area contributed by atoms with E-state index in [0.29, 0.717) is 0 Å². The minimum absolute atomic E-state index is 0. The van der Waals surface area contributed by atoms with Crippen LogP contribution < -0.4 is 23.5 Å². The predicted octanol–water partition coefficient (Wildman–Crippen LogP) is -1.23. The number of quaternary nitrogens is 1. The van der Waals surface area contributed by atoms with E-state index in [-0.39, 0.29) is 37.2 Å². The van der Waals surface area contributed by atoms with Crippen LogP contribution in [0.1, 0.15) is 18.5 Å². The topological polar surface area (TPSA) is 55.9 Å². The molecule has 0 aliphatic carbocycles. The molecule has 8 heteroatoms. The molecule has 0 radical (unpaired) electrons. The van der Waals surface area contributed by atoms with E-state index in [9.17, 15) is 0 Å². The first-order valence-corrected chi connectivity index (χ1v) is 6.37. The first-order valence-electron chi connectivity index (χ1n) is 6.37. The van der Waals surface area contributed by atoms with Crippen LogP contribution in [0.5, 0.6) is 0 Å². The lowest BCUT2D eigenvalue weighted by atomic mass is 10.1. The summed E-state index contributed by atoms with van der Waals surface area (Å²) >= 11 is 0. The fourth-order valence-electron chi connectivity index (χ4n) is 2.15. The van der Waals surface area contributed by atoms with Crippen molar-refractivity contribution < 1.29 is 16.9 Å². The Kier molecular flexibility index (Phi) is 9.67. The lowest BCUT2D eigenvalue weighted by Crippen LogP contribution is -3.00. The minimum Gasteiger partial charge on any atom is -1.00 e. The molecule has 20 heavy (non-hydrogen) atoms. The molecule has 1 aromatic heterocycles. The minimum atomic E-state index is 0. The van der Waals surface area contributed by atoms with E-state index in [4.69, 9.17) is 5.73 Å². The van der Waals surface area contributed by atoms with E-state index in [0.717, 1.165) is 42.0 Å². The molecule has 0 amide bonds. The number of nitrogens with two attached hydrogens (primary N) is 1. The summed E-state index contributed by atoms with van der Waals surface area (Å²) in [5, 5.41) is 7.90. The Bertz CT molecular complexity index is 401. The molecular formula is C12H26Cl3N5. The number of aromatic nitrogens is 2. The molecule has 0 fully saturated rings. The van der Waals surface area contributed by atoms with Crippen LogP contribution in [-0.4, -0.2) is 48.5 Å². The van der Waals surface area contributed by atoms with E-state index in [1.165, 1.54) is 18.5 Å². The smallest absolute Gasteiger partial charge is 0.171 e. The largest absolute Gasteiger partial charge is 1.00 e. The number of nitrogen functional groups attached to an aromatic ring is 1. The third-order valence-corrected chi connectivity index (χ3v) is 3.21. The molecule has 3 N–H and O–H groups in total. The van der Waals surface area contributed by atoms with Gasteiger partial charge in [0, 0.05) is 6.54 Å². The SMILES string of the molecule is C[N+](C)(C)CCNc1nn2c(c1N)CCCC2.Cl.Cl.[Cl-]. The summed E-state index contributed by atoms with van der Waals surface area (Å²) in [4.78, 5) is 0. The van der Waals surface area contributed by atoms with E-state index in [1.54, 1.807) is 0 Å². The van der Waals surface area contributed by atoms with Gasteiger partial charge in [-0.25, -0.2) is 0 Å². The van der Waals surface area contributed by atoms with Gasteiger partial charge in [0.1, 0.15) is 0 Å². The maximum absolute atomic E-state index is 6.12. The Balaban J connectivity index is 0. The van der Waals surface area contributed by atoms with Gasteiger partial charge in [-0.15, -0.1) is 24.8 Å². The molecule has 2 rings (SSSR count). The van der Waals surface area contributed by atoms with Crippen molar-refractivity contribution in [2.75, 3.05) is 45.3 Å². The molecular weight excluding hydrogens is 321 g/mol. The Morgan fingerprint density at radius 1 is 1.25 bits per heavy atom. The summed E-state index contributed by atoms with van der Waals surface area (Å²) in [7, 11) is 6.55. The van der Waals surface area contributed by atoms with Crippen LogP contribution in [0.15, 0.2) is 0 Å². The highest BCUT2D eigenvalue weighted by Crippen LogP contribution is 2.26. The number of hydrogen-bond donors (Lipinski definition) is 2. The van der Waals surface area contributed by atoms with Gasteiger partial charge in [-0.05, 0) is 19.3 Å². The third-order valence-electron chi connectivity index (χ3n) is 3.21. The van der Waals surface area contributed by atoms with Gasteiger partial charge in [-0.3, -0.25) is 4.68 Å². The van der Waals surface area contributed by atoms with Gasteiger partial charge in [0.15, 0.2) is 5.82 Å². The van der Waals surface area contributed by atoms with Crippen LogP contribution in [0.2, 0.25) is 0 Å². The molecule has 0 saturated carbocycles. The van der Waals surface area contributed by atoms with Crippen LogP contribution in [0.4, 0.5) is 11.5 Å². The average Bonchev–Trinajstić information content (AvgIpc) is 2.55. The highest BCUT2D eigenvalue weighted by molar-refractivity contribution is 5.85. The molecule has 0 saturated heterocycles. The first kappa shape index (κ1) is 21.9. The van der Waals surface area contributed by atoms with Gasteiger partial charge in [0.2, 0.25) is 0 Å². The maximum Gasteiger partial charge on any atom is 0.171 e. The van der Waals surface area contributed by atoms with E-state index >= 15 is 0 Å². The molecule has 0 atom stereocenters. The quantitative estimate of drug-likeness (QED) is 0.671. The fourth-order valence-corrected chi connectivity index (χ4v) is 2.15. The number of nitrogens with zero attached hydrogens (tertiary/aromatic N) is 3. The van der Waals surface area contributed by atoms with Gasteiger partial charge < -0.3 is 27.9 Å². The van der Waals surface area contributed by atoms with Crippen LogP contribution >= 0.6 is 24.8 Å². The number of likely N-dealkylation sites (N-methyl/N-ethyl adjacent to an activating group) is 1. The van der Waals surface area contributed by atoms with E-state index in [2.05, 4.69) is 36.2 Å². The normalized spacial score (nSPS) is 13.3. The summed E-state index contributed by atoms with van der Waals surface area (Å²) in [6, 6.07) is 0. The van der Waals surface area contributed by atoms with Crippen molar-refractivity contribution in [3.63, 3.8) is 0 Å². The maximum atomic E-state index is 6.12. The summed E-state index contributed by atoms with van der Waals surface area (Å²) in [5.74, 6) is 0.871. The molecule has 120 valence electrons. The van der Waals surface area contributed by atoms with Crippen LogP contribution in [0.25, 0.3) is 0 Å². The second-order valence-electron chi connectivity index (χ2n) is 5.83. The van der Waals surface area contributed by atoms with E-state index in [1.807, 2.05) is 0 Å². The van der Waals surface area contributed by atoms with Crippen molar-refractivity contribution in [1.29, 1.82) is 0 Å². The van der Waals surface area contributed by atoms with Gasteiger partial charge in [-0.1, -0.05) is 0 Å². The lowest BCUT2D eigenvalue weighted by Gasteiger charge is -2.23. The highest BCUT2D eigenvalue weighted by Gasteiger charge is 2.18. The molecule has 0 bridgehead atoms. The van der Waals surface area contributed by atoms with Gasteiger partial charge in [-0.2, -0.15) is 5.10 Å². The number of aryl methyl sites for hydroxylation is 1. The average molecular weight is 347 g/mol. The molecule has 2 heterocycles. The van der Waals surface area contributed by atoms with Crippen molar-refractivity contribution >= 4 is 36.3 Å². The number of halogens is 3. The van der Waals surface area contributed by atoms with Crippen molar-refractivity contribution in [2.24, 2.45) is 0 Å². The van der Waals surface area contributed by atoms with Crippen molar-refractivity contribution in [3.05, 3.63) is 5.69 Å².